The van der Waals surface area contributed by atoms with Gasteiger partial charge in [0.25, 0.3) is 0 Å². The second kappa shape index (κ2) is 21.7. The van der Waals surface area contributed by atoms with E-state index in [0.717, 1.165) is 0 Å². The van der Waals surface area contributed by atoms with Gasteiger partial charge < -0.3 is 59.1 Å². The van der Waals surface area contributed by atoms with Crippen molar-refractivity contribution in [2.45, 2.75) is 96.4 Å². The van der Waals surface area contributed by atoms with Crippen LogP contribution in [0.4, 0.5) is 0 Å². The van der Waals surface area contributed by atoms with Crippen LogP contribution in [0.3, 0.4) is 0 Å². The highest BCUT2D eigenvalue weighted by Gasteiger charge is 2.34. The van der Waals surface area contributed by atoms with Gasteiger partial charge in [-0.15, -0.1) is 0 Å². The summed E-state index contributed by atoms with van der Waals surface area (Å²) in [5.74, 6) is -9.49. The molecule has 6 unspecified atom stereocenters. The van der Waals surface area contributed by atoms with Crippen LogP contribution >= 0.6 is 0 Å². The van der Waals surface area contributed by atoms with Crippen LogP contribution in [0.25, 0.3) is 0 Å². The number of carboxylic acids is 3. The van der Waals surface area contributed by atoms with Gasteiger partial charge in [0.15, 0.2) is 5.96 Å². The van der Waals surface area contributed by atoms with Crippen LogP contribution < -0.4 is 43.8 Å². The lowest BCUT2D eigenvalue weighted by Crippen LogP contribution is -2.60. The maximum atomic E-state index is 13.5. The van der Waals surface area contributed by atoms with Gasteiger partial charge in [0.05, 0.1) is 19.0 Å². The van der Waals surface area contributed by atoms with Gasteiger partial charge >= 0.3 is 17.9 Å². The Hall–Kier alpha value is -5.01. The van der Waals surface area contributed by atoms with Crippen molar-refractivity contribution in [1.29, 1.82) is 0 Å². The van der Waals surface area contributed by atoms with Gasteiger partial charge in [0, 0.05) is 13.0 Å². The number of carboxylic acid groups (broad SMARTS) is 3. The highest BCUT2D eigenvalue weighted by atomic mass is 16.4. The van der Waals surface area contributed by atoms with E-state index in [-0.39, 0.29) is 25.3 Å². The molecule has 0 rings (SSSR count). The quantitative estimate of drug-likeness (QED) is 0.0283. The molecular formula is C28H49N9O11. The fraction of sp³-hybridized carbons (Fsp3) is 0.679. The minimum atomic E-state index is -1.53. The van der Waals surface area contributed by atoms with Crippen molar-refractivity contribution in [1.82, 2.24) is 26.6 Å². The molecule has 20 heteroatoms. The highest BCUT2D eigenvalue weighted by molar-refractivity contribution is 5.96. The number of nitrogens with zero attached hydrogens (tertiary/aromatic N) is 1. The predicted octanol–water partition coefficient (Wildman–Crippen LogP) is -3.45. The summed E-state index contributed by atoms with van der Waals surface area (Å²) in [6.07, 6.45) is -1.01. The summed E-state index contributed by atoms with van der Waals surface area (Å²) in [6.45, 7) is 6.02. The number of aliphatic imine (C=N–C) groups is 1. The van der Waals surface area contributed by atoms with Crippen LogP contribution in [-0.2, 0) is 38.4 Å². The molecule has 0 aliphatic carbocycles. The molecule has 5 amide bonds. The number of carbonyl (C=O) groups excluding carboxylic acids is 5. The minimum absolute atomic E-state index is 0.0143. The van der Waals surface area contributed by atoms with Gasteiger partial charge in [0.2, 0.25) is 29.5 Å². The Balaban J connectivity index is 5.91. The first-order chi connectivity index (χ1) is 22.3. The molecular weight excluding hydrogens is 638 g/mol. The normalized spacial score (nSPS) is 14.5. The van der Waals surface area contributed by atoms with Crippen molar-refractivity contribution < 1.29 is 53.7 Å². The number of carbonyl (C=O) groups is 8. The van der Waals surface area contributed by atoms with Crippen molar-refractivity contribution in [3.8, 4) is 0 Å². The SMILES string of the molecule is CCC(C)C(NC(=O)C(CCCN=C(N)N)NC(=O)CNC(=O)C(N)CC(=O)O)C(=O)NC(C(=O)NC(CCC(=O)O)C(=O)O)C(C)C. The van der Waals surface area contributed by atoms with Gasteiger partial charge in [-0.25, -0.2) is 4.79 Å². The first kappa shape index (κ1) is 43.0. The van der Waals surface area contributed by atoms with E-state index in [0.29, 0.717) is 6.42 Å². The molecule has 0 saturated carbocycles. The Morgan fingerprint density at radius 3 is 1.81 bits per heavy atom. The van der Waals surface area contributed by atoms with E-state index in [9.17, 15) is 43.5 Å². The molecule has 0 aromatic heterocycles. The van der Waals surface area contributed by atoms with Crippen molar-refractivity contribution in [3.63, 3.8) is 0 Å². The number of rotatable bonds is 23. The van der Waals surface area contributed by atoms with Gasteiger partial charge in [-0.05, 0) is 31.1 Å². The van der Waals surface area contributed by atoms with Crippen LogP contribution in [0.5, 0.6) is 0 Å². The number of amides is 5. The van der Waals surface area contributed by atoms with Crippen LogP contribution in [0.2, 0.25) is 0 Å². The Labute approximate surface area is 277 Å². The summed E-state index contributed by atoms with van der Waals surface area (Å²) in [6, 6.07) is -6.70. The van der Waals surface area contributed by atoms with Crippen molar-refractivity contribution in [3.05, 3.63) is 0 Å². The second-order valence-corrected chi connectivity index (χ2v) is 11.4. The second-order valence-electron chi connectivity index (χ2n) is 11.4. The summed E-state index contributed by atoms with van der Waals surface area (Å²) in [5.41, 5.74) is 16.2. The molecule has 0 spiro atoms. The number of nitrogens with one attached hydrogen (secondary N) is 5. The summed E-state index contributed by atoms with van der Waals surface area (Å²) in [7, 11) is 0. The molecule has 0 fully saturated rings. The average Bonchev–Trinajstić information content (AvgIpc) is 2.99. The van der Waals surface area contributed by atoms with E-state index < -0.39 is 115 Å². The third-order valence-electron chi connectivity index (χ3n) is 7.05. The molecule has 0 aliphatic heterocycles. The monoisotopic (exact) mass is 687 g/mol. The molecule has 0 aromatic carbocycles. The van der Waals surface area contributed by atoms with E-state index in [1.54, 1.807) is 27.7 Å². The lowest BCUT2D eigenvalue weighted by Gasteiger charge is -2.30. The van der Waals surface area contributed by atoms with E-state index >= 15 is 0 Å². The molecule has 0 aliphatic rings. The van der Waals surface area contributed by atoms with E-state index in [2.05, 4.69) is 31.6 Å². The Bertz CT molecular complexity index is 1190. The van der Waals surface area contributed by atoms with Crippen molar-refractivity contribution in [2.24, 2.45) is 34.0 Å². The number of hydrogen-bond acceptors (Lipinski definition) is 10. The van der Waals surface area contributed by atoms with Crippen molar-refractivity contribution in [2.75, 3.05) is 13.1 Å². The van der Waals surface area contributed by atoms with Gasteiger partial charge in [-0.1, -0.05) is 34.1 Å². The van der Waals surface area contributed by atoms with Crippen LogP contribution in [0.15, 0.2) is 4.99 Å². The molecule has 6 atom stereocenters. The summed E-state index contributed by atoms with van der Waals surface area (Å²) in [5, 5.41) is 39.1. The third-order valence-corrected chi connectivity index (χ3v) is 7.05. The zero-order valence-corrected chi connectivity index (χ0v) is 27.5. The maximum Gasteiger partial charge on any atom is 0.326 e. The maximum absolute atomic E-state index is 13.5. The van der Waals surface area contributed by atoms with Gasteiger partial charge in [-0.3, -0.25) is 38.6 Å². The van der Waals surface area contributed by atoms with Gasteiger partial charge in [-0.2, -0.15) is 0 Å². The fourth-order valence-corrected chi connectivity index (χ4v) is 4.12. The Kier molecular flexibility index (Phi) is 19.5. The Morgan fingerprint density at radius 2 is 1.31 bits per heavy atom. The predicted molar refractivity (Wildman–Crippen MR) is 170 cm³/mol. The first-order valence-electron chi connectivity index (χ1n) is 15.3. The van der Waals surface area contributed by atoms with Gasteiger partial charge in [0.1, 0.15) is 24.2 Å². The standard InChI is InChI=1S/C28H49N9O11/c1-5-14(4)22(26(46)36-21(13(2)3)25(45)35-17(27(47)48)8-9-19(39)40)37-24(44)16(7-6-10-32-28(30)31)34-18(38)12-33-23(43)15(29)11-20(41)42/h13-17,21-22H,5-12,29H2,1-4H3,(H,33,43)(H,34,38)(H,35,45)(H,36,46)(H,37,44)(H,39,40)(H,41,42)(H,47,48)(H4,30,31,32). The lowest BCUT2D eigenvalue weighted by atomic mass is 9.95. The zero-order chi connectivity index (χ0) is 37.1. The minimum Gasteiger partial charge on any atom is -0.481 e. The van der Waals surface area contributed by atoms with Crippen molar-refractivity contribution >= 4 is 53.4 Å². The average molecular weight is 688 g/mol. The zero-order valence-electron chi connectivity index (χ0n) is 27.5. The smallest absolute Gasteiger partial charge is 0.326 e. The lowest BCUT2D eigenvalue weighted by molar-refractivity contribution is -0.144. The molecule has 48 heavy (non-hydrogen) atoms. The fourth-order valence-electron chi connectivity index (χ4n) is 4.12. The molecule has 272 valence electrons. The third kappa shape index (κ3) is 17.1. The molecule has 0 heterocycles. The number of aliphatic carboxylic acids is 3. The molecule has 0 aromatic rings. The van der Waals surface area contributed by atoms with E-state index in [4.69, 9.17) is 27.4 Å². The first-order valence-corrected chi connectivity index (χ1v) is 15.3. The van der Waals surface area contributed by atoms with E-state index in [1.165, 1.54) is 0 Å². The Morgan fingerprint density at radius 1 is 0.729 bits per heavy atom. The summed E-state index contributed by atoms with van der Waals surface area (Å²) >= 11 is 0. The molecule has 0 saturated heterocycles. The molecule has 14 N–H and O–H groups in total. The number of nitrogens with two attached hydrogens (primary N) is 3. The topological polar surface area (TPSA) is 348 Å². The number of hydrogen-bond donors (Lipinski definition) is 11. The van der Waals surface area contributed by atoms with E-state index in [1.807, 2.05) is 0 Å². The largest absolute Gasteiger partial charge is 0.481 e. The van der Waals surface area contributed by atoms with Crippen LogP contribution in [0, 0.1) is 11.8 Å². The summed E-state index contributed by atoms with van der Waals surface area (Å²) < 4.78 is 0. The molecule has 0 bridgehead atoms. The van der Waals surface area contributed by atoms with Crippen LogP contribution in [0.1, 0.15) is 66.2 Å². The van der Waals surface area contributed by atoms with Crippen LogP contribution in [-0.4, -0.2) is 112 Å². The summed E-state index contributed by atoms with van der Waals surface area (Å²) in [4.78, 5) is 102. The highest BCUT2D eigenvalue weighted by Crippen LogP contribution is 2.12. The molecule has 20 nitrogen and oxygen atoms in total. The number of guanidine groups is 1. The molecule has 0 radical (unpaired) electrons.